The standard InChI is InChI=1S/C47H88O15/c1-3-5-7-9-11-13-15-17-18-20-22-23-25-27-29-38(50)57-32-35(49)33-59-46-44(56)45(62-47-43(55)42(54)40(52)36(31-48)60-47)41(53)37(61-46)34-58-39(51)30-28-26-24-21-19-16-14-12-10-8-6-4-2/h35-37,40-49,52-56H,3-34H2,1-2H3. The Morgan fingerprint density at radius 2 is 0.903 bits per heavy atom. The average Bonchev–Trinajstić information content (AvgIpc) is 3.26. The lowest BCUT2D eigenvalue weighted by molar-refractivity contribution is -0.361. The van der Waals surface area contributed by atoms with Crippen LogP contribution in [0.25, 0.3) is 0 Å². The van der Waals surface area contributed by atoms with Gasteiger partial charge in [-0.05, 0) is 12.8 Å². The first-order valence-electron chi connectivity index (χ1n) is 24.6. The van der Waals surface area contributed by atoms with E-state index >= 15 is 0 Å². The minimum Gasteiger partial charge on any atom is -0.463 e. The van der Waals surface area contributed by atoms with Crippen LogP contribution < -0.4 is 0 Å². The quantitative estimate of drug-likeness (QED) is 0.0277. The first-order chi connectivity index (χ1) is 30.0. The van der Waals surface area contributed by atoms with Crippen molar-refractivity contribution < 1.29 is 73.8 Å². The Morgan fingerprint density at radius 3 is 1.35 bits per heavy atom. The molecule has 2 rings (SSSR count). The van der Waals surface area contributed by atoms with Gasteiger partial charge in [0.05, 0.1) is 13.2 Å². The molecule has 11 atom stereocenters. The molecule has 0 aromatic heterocycles. The van der Waals surface area contributed by atoms with E-state index in [1.54, 1.807) is 0 Å². The summed E-state index contributed by atoms with van der Waals surface area (Å²) in [6.45, 7) is 2.46. The lowest BCUT2D eigenvalue weighted by Crippen LogP contribution is -2.65. The fraction of sp³-hybridized carbons (Fsp3) is 0.957. The molecule has 0 aromatic carbocycles. The molecular weight excluding hydrogens is 805 g/mol. The lowest BCUT2D eigenvalue weighted by Gasteiger charge is -2.46. The molecule has 0 aliphatic carbocycles. The molecule has 2 heterocycles. The van der Waals surface area contributed by atoms with Crippen molar-refractivity contribution in [3.05, 3.63) is 0 Å². The monoisotopic (exact) mass is 893 g/mol. The summed E-state index contributed by atoms with van der Waals surface area (Å²) in [7, 11) is 0. The van der Waals surface area contributed by atoms with Gasteiger partial charge >= 0.3 is 11.9 Å². The van der Waals surface area contributed by atoms with E-state index in [1.807, 2.05) is 0 Å². The summed E-state index contributed by atoms with van der Waals surface area (Å²) in [5.74, 6) is -0.951. The number of unbranched alkanes of at least 4 members (excludes halogenated alkanes) is 24. The maximum Gasteiger partial charge on any atom is 0.305 e. The van der Waals surface area contributed by atoms with E-state index in [1.165, 1.54) is 116 Å². The maximum atomic E-state index is 12.7. The van der Waals surface area contributed by atoms with Crippen LogP contribution in [0.3, 0.4) is 0 Å². The number of hydrogen-bond donors (Lipinski definition) is 7. The minimum atomic E-state index is -1.83. The average molecular weight is 893 g/mol. The van der Waals surface area contributed by atoms with Crippen LogP contribution in [0, 0.1) is 0 Å². The van der Waals surface area contributed by atoms with Crippen molar-refractivity contribution in [3.63, 3.8) is 0 Å². The van der Waals surface area contributed by atoms with Gasteiger partial charge in [-0.3, -0.25) is 9.59 Å². The van der Waals surface area contributed by atoms with Crippen LogP contribution >= 0.6 is 0 Å². The van der Waals surface area contributed by atoms with Crippen molar-refractivity contribution in [2.45, 2.75) is 261 Å². The second-order valence-corrected chi connectivity index (χ2v) is 17.7. The van der Waals surface area contributed by atoms with Crippen molar-refractivity contribution in [2.24, 2.45) is 0 Å². The van der Waals surface area contributed by atoms with Crippen LogP contribution in [0.1, 0.15) is 194 Å². The molecule has 0 amide bonds. The Balaban J connectivity index is 1.78. The molecule has 2 saturated heterocycles. The van der Waals surface area contributed by atoms with Crippen LogP contribution in [0.15, 0.2) is 0 Å². The maximum absolute atomic E-state index is 12.7. The summed E-state index contributed by atoms with van der Waals surface area (Å²) >= 11 is 0. The summed E-state index contributed by atoms with van der Waals surface area (Å²) in [5.41, 5.74) is 0. The SMILES string of the molecule is CCCCCCCCCCCCCCCCC(=O)OCC(O)COC1OC(COC(=O)CCCCCCCCCCCCCC)C(O)C(OC2OC(CO)C(O)C(O)C2O)C1O. The van der Waals surface area contributed by atoms with Gasteiger partial charge in [-0.2, -0.15) is 0 Å². The van der Waals surface area contributed by atoms with Crippen molar-refractivity contribution >= 4 is 11.9 Å². The molecule has 2 aliphatic heterocycles. The molecule has 7 N–H and O–H groups in total. The number of carbonyl (C=O) groups excluding carboxylic acids is 2. The number of hydrogen-bond acceptors (Lipinski definition) is 15. The molecule has 0 saturated carbocycles. The van der Waals surface area contributed by atoms with Gasteiger partial charge in [0.15, 0.2) is 12.6 Å². The molecule has 15 heteroatoms. The minimum absolute atomic E-state index is 0.165. The molecule has 62 heavy (non-hydrogen) atoms. The van der Waals surface area contributed by atoms with Gasteiger partial charge in [0.25, 0.3) is 0 Å². The van der Waals surface area contributed by atoms with Crippen LogP contribution in [-0.4, -0.2) is 142 Å². The zero-order chi connectivity index (χ0) is 45.4. The highest BCUT2D eigenvalue weighted by molar-refractivity contribution is 5.69. The van der Waals surface area contributed by atoms with E-state index < -0.39 is 99.3 Å². The third kappa shape index (κ3) is 24.1. The summed E-state index contributed by atoms with van der Waals surface area (Å²) in [4.78, 5) is 25.0. The topological polar surface area (TPSA) is 231 Å². The molecule has 366 valence electrons. The highest BCUT2D eigenvalue weighted by Crippen LogP contribution is 2.30. The van der Waals surface area contributed by atoms with Crippen molar-refractivity contribution in [2.75, 3.05) is 26.4 Å². The van der Waals surface area contributed by atoms with Crippen molar-refractivity contribution in [1.82, 2.24) is 0 Å². The lowest BCUT2D eigenvalue weighted by atomic mass is 9.97. The van der Waals surface area contributed by atoms with Crippen LogP contribution in [0.5, 0.6) is 0 Å². The second-order valence-electron chi connectivity index (χ2n) is 17.7. The number of carbonyl (C=O) groups is 2. The number of aliphatic hydroxyl groups excluding tert-OH is 7. The third-order valence-corrected chi connectivity index (χ3v) is 12.0. The molecule has 2 fully saturated rings. The van der Waals surface area contributed by atoms with Gasteiger partial charge in [0, 0.05) is 12.8 Å². The number of aliphatic hydroxyl groups is 7. The number of rotatable bonds is 38. The van der Waals surface area contributed by atoms with Crippen LogP contribution in [0.2, 0.25) is 0 Å². The highest BCUT2D eigenvalue weighted by Gasteiger charge is 2.51. The molecule has 0 spiro atoms. The Labute approximate surface area is 372 Å². The van der Waals surface area contributed by atoms with E-state index in [4.69, 9.17) is 28.4 Å². The van der Waals surface area contributed by atoms with Gasteiger partial charge < -0.3 is 64.2 Å². The second kappa shape index (κ2) is 35.7. The van der Waals surface area contributed by atoms with Crippen molar-refractivity contribution in [3.8, 4) is 0 Å². The fourth-order valence-electron chi connectivity index (χ4n) is 8.01. The van der Waals surface area contributed by atoms with Crippen molar-refractivity contribution in [1.29, 1.82) is 0 Å². The molecule has 0 aromatic rings. The molecule has 11 unspecified atom stereocenters. The Hall–Kier alpha value is -1.50. The summed E-state index contributed by atoms with van der Waals surface area (Å²) < 4.78 is 33.3. The normalized spacial score (nSPS) is 27.0. The van der Waals surface area contributed by atoms with Gasteiger partial charge in [-0.25, -0.2) is 0 Å². The largest absolute Gasteiger partial charge is 0.463 e. The first kappa shape index (κ1) is 56.6. The predicted molar refractivity (Wildman–Crippen MR) is 234 cm³/mol. The van der Waals surface area contributed by atoms with E-state index in [0.717, 1.165) is 38.5 Å². The summed E-state index contributed by atoms with van der Waals surface area (Å²) in [5, 5.41) is 73.7. The molecule has 15 nitrogen and oxygen atoms in total. The molecule has 0 bridgehead atoms. The van der Waals surface area contributed by atoms with Gasteiger partial charge in [-0.15, -0.1) is 0 Å². The van der Waals surface area contributed by atoms with E-state index in [9.17, 15) is 45.3 Å². The van der Waals surface area contributed by atoms with Gasteiger partial charge in [0.1, 0.15) is 68.1 Å². The van der Waals surface area contributed by atoms with E-state index in [-0.39, 0.29) is 19.4 Å². The predicted octanol–water partition coefficient (Wildman–Crippen LogP) is 6.04. The summed E-state index contributed by atoms with van der Waals surface area (Å²) in [6.07, 6.45) is 13.5. The Kier molecular flexibility index (Phi) is 32.6. The third-order valence-electron chi connectivity index (χ3n) is 12.0. The zero-order valence-corrected chi connectivity index (χ0v) is 38.4. The first-order valence-corrected chi connectivity index (χ1v) is 24.6. The van der Waals surface area contributed by atoms with Gasteiger partial charge in [-0.1, -0.05) is 168 Å². The smallest absolute Gasteiger partial charge is 0.305 e. The Bertz CT molecular complexity index is 1100. The zero-order valence-electron chi connectivity index (χ0n) is 38.4. The van der Waals surface area contributed by atoms with E-state index in [2.05, 4.69) is 13.8 Å². The number of esters is 2. The Morgan fingerprint density at radius 1 is 0.484 bits per heavy atom. The molecule has 2 aliphatic rings. The summed E-state index contributed by atoms with van der Waals surface area (Å²) in [6, 6.07) is 0. The molecule has 0 radical (unpaired) electrons. The fourth-order valence-corrected chi connectivity index (χ4v) is 8.01. The highest BCUT2D eigenvalue weighted by atomic mass is 16.7. The van der Waals surface area contributed by atoms with Crippen LogP contribution in [0.4, 0.5) is 0 Å². The van der Waals surface area contributed by atoms with E-state index in [0.29, 0.717) is 12.8 Å². The molecular formula is C47H88O15. The van der Waals surface area contributed by atoms with Gasteiger partial charge in [0.2, 0.25) is 0 Å². The number of ether oxygens (including phenoxy) is 6. The van der Waals surface area contributed by atoms with Crippen LogP contribution in [-0.2, 0) is 38.0 Å².